The van der Waals surface area contributed by atoms with E-state index in [0.717, 1.165) is 19.0 Å². The van der Waals surface area contributed by atoms with Crippen LogP contribution >= 0.6 is 0 Å². The van der Waals surface area contributed by atoms with Crippen molar-refractivity contribution in [2.75, 3.05) is 20.1 Å². The zero-order chi connectivity index (χ0) is 9.31. The van der Waals surface area contributed by atoms with Gasteiger partial charge in [0.25, 0.3) is 0 Å². The van der Waals surface area contributed by atoms with Crippen LogP contribution in [0.1, 0.15) is 32.6 Å². The summed E-state index contributed by atoms with van der Waals surface area (Å²) in [6, 6.07) is 0. The number of nitrogens with zero attached hydrogens (tertiary/aromatic N) is 2. The van der Waals surface area contributed by atoms with Gasteiger partial charge in [-0.2, -0.15) is 0 Å². The van der Waals surface area contributed by atoms with Gasteiger partial charge in [0.2, 0.25) is 0 Å². The van der Waals surface area contributed by atoms with E-state index in [4.69, 9.17) is 0 Å². The van der Waals surface area contributed by atoms with Crippen LogP contribution in [-0.2, 0) is 0 Å². The number of likely N-dealkylation sites (N-methyl/N-ethyl adjacent to an activating group) is 1. The zero-order valence-electron chi connectivity index (χ0n) is 8.64. The molecular formula is C10H19N3. The maximum absolute atomic E-state index is 4.46. The highest BCUT2D eigenvalue weighted by atomic mass is 15.3. The summed E-state index contributed by atoms with van der Waals surface area (Å²) in [5.41, 5.74) is 0.317. The number of aliphatic imine (C=N–C) groups is 1. The van der Waals surface area contributed by atoms with Crippen LogP contribution in [0.25, 0.3) is 0 Å². The maximum Gasteiger partial charge on any atom is 0.194 e. The summed E-state index contributed by atoms with van der Waals surface area (Å²) in [4.78, 5) is 6.67. The summed E-state index contributed by atoms with van der Waals surface area (Å²) < 4.78 is 0. The van der Waals surface area contributed by atoms with Crippen molar-refractivity contribution >= 4 is 5.96 Å². The van der Waals surface area contributed by atoms with Crippen molar-refractivity contribution in [2.45, 2.75) is 38.1 Å². The van der Waals surface area contributed by atoms with Crippen LogP contribution in [0.2, 0.25) is 0 Å². The SMILES string of the molecule is CN1CCN=C1NC1(C)CCCC1. The molecule has 2 rings (SSSR count). The van der Waals surface area contributed by atoms with Gasteiger partial charge in [-0.25, -0.2) is 0 Å². The van der Waals surface area contributed by atoms with Crippen LogP contribution in [0.5, 0.6) is 0 Å². The first-order chi connectivity index (χ1) is 6.20. The molecule has 0 aromatic rings. The number of nitrogens with one attached hydrogen (secondary N) is 1. The molecule has 0 saturated heterocycles. The third-order valence-corrected chi connectivity index (χ3v) is 3.18. The summed E-state index contributed by atoms with van der Waals surface area (Å²) in [6.45, 7) is 4.34. The second kappa shape index (κ2) is 3.20. The van der Waals surface area contributed by atoms with E-state index < -0.39 is 0 Å². The zero-order valence-corrected chi connectivity index (χ0v) is 8.64. The first-order valence-corrected chi connectivity index (χ1v) is 5.23. The molecule has 0 aromatic carbocycles. The second-order valence-corrected chi connectivity index (χ2v) is 4.52. The van der Waals surface area contributed by atoms with E-state index in [1.54, 1.807) is 0 Å². The average molecular weight is 181 g/mol. The normalized spacial score (nSPS) is 26.3. The minimum Gasteiger partial charge on any atom is -0.351 e. The molecule has 3 nitrogen and oxygen atoms in total. The van der Waals surface area contributed by atoms with Gasteiger partial charge in [-0.3, -0.25) is 4.99 Å². The fourth-order valence-corrected chi connectivity index (χ4v) is 2.22. The number of hydrogen-bond donors (Lipinski definition) is 1. The van der Waals surface area contributed by atoms with Gasteiger partial charge in [-0.15, -0.1) is 0 Å². The Morgan fingerprint density at radius 1 is 1.38 bits per heavy atom. The third kappa shape index (κ3) is 1.79. The third-order valence-electron chi connectivity index (χ3n) is 3.18. The van der Waals surface area contributed by atoms with Gasteiger partial charge in [0.1, 0.15) is 0 Å². The Morgan fingerprint density at radius 3 is 2.62 bits per heavy atom. The van der Waals surface area contributed by atoms with Gasteiger partial charge >= 0.3 is 0 Å². The van der Waals surface area contributed by atoms with Crippen LogP contribution in [0.15, 0.2) is 4.99 Å². The Morgan fingerprint density at radius 2 is 2.08 bits per heavy atom. The summed E-state index contributed by atoms with van der Waals surface area (Å²) in [5.74, 6) is 1.10. The predicted octanol–water partition coefficient (Wildman–Crippen LogP) is 1.21. The van der Waals surface area contributed by atoms with Crippen molar-refractivity contribution in [3.63, 3.8) is 0 Å². The van der Waals surface area contributed by atoms with Gasteiger partial charge in [-0.1, -0.05) is 12.8 Å². The van der Waals surface area contributed by atoms with Crippen molar-refractivity contribution in [2.24, 2.45) is 4.99 Å². The van der Waals surface area contributed by atoms with E-state index in [2.05, 4.69) is 29.2 Å². The molecule has 1 saturated carbocycles. The lowest BCUT2D eigenvalue weighted by atomic mass is 10.0. The van der Waals surface area contributed by atoms with Crippen molar-refractivity contribution in [1.29, 1.82) is 0 Å². The molecule has 0 radical (unpaired) electrons. The predicted molar refractivity (Wildman–Crippen MR) is 54.9 cm³/mol. The molecule has 0 spiro atoms. The molecule has 0 bridgehead atoms. The Balaban J connectivity index is 1.96. The van der Waals surface area contributed by atoms with Gasteiger partial charge in [-0.05, 0) is 19.8 Å². The topological polar surface area (TPSA) is 27.6 Å². The summed E-state index contributed by atoms with van der Waals surface area (Å²) in [7, 11) is 2.11. The number of hydrogen-bond acceptors (Lipinski definition) is 3. The van der Waals surface area contributed by atoms with Crippen molar-refractivity contribution in [1.82, 2.24) is 10.2 Å². The molecule has 1 aliphatic carbocycles. The van der Waals surface area contributed by atoms with Crippen LogP contribution in [-0.4, -0.2) is 36.5 Å². The van der Waals surface area contributed by atoms with Gasteiger partial charge < -0.3 is 10.2 Å². The van der Waals surface area contributed by atoms with Crippen molar-refractivity contribution in [3.8, 4) is 0 Å². The summed E-state index contributed by atoms with van der Waals surface area (Å²) >= 11 is 0. The highest BCUT2D eigenvalue weighted by Crippen LogP contribution is 2.29. The van der Waals surface area contributed by atoms with Crippen LogP contribution < -0.4 is 5.32 Å². The number of guanidine groups is 1. The summed E-state index contributed by atoms with van der Waals surface area (Å²) in [6.07, 6.45) is 5.31. The van der Waals surface area contributed by atoms with E-state index in [1.165, 1.54) is 25.7 Å². The molecule has 0 amide bonds. The first-order valence-electron chi connectivity index (χ1n) is 5.23. The molecule has 2 aliphatic rings. The lowest BCUT2D eigenvalue weighted by molar-refractivity contribution is 0.404. The van der Waals surface area contributed by atoms with Gasteiger partial charge in [0, 0.05) is 19.1 Å². The quantitative estimate of drug-likeness (QED) is 0.658. The Labute approximate surface area is 80.2 Å². The van der Waals surface area contributed by atoms with Crippen LogP contribution in [0.4, 0.5) is 0 Å². The van der Waals surface area contributed by atoms with E-state index in [-0.39, 0.29) is 0 Å². The monoisotopic (exact) mass is 181 g/mol. The molecule has 1 aliphatic heterocycles. The minimum atomic E-state index is 0.317. The molecule has 0 atom stereocenters. The van der Waals surface area contributed by atoms with E-state index in [9.17, 15) is 0 Å². The minimum absolute atomic E-state index is 0.317. The second-order valence-electron chi connectivity index (χ2n) is 4.52. The molecular weight excluding hydrogens is 162 g/mol. The van der Waals surface area contributed by atoms with E-state index >= 15 is 0 Å². The standard InChI is InChI=1S/C10H19N3/c1-10(5-3-4-6-10)12-9-11-7-8-13(9)2/h3-8H2,1-2H3,(H,11,12). The van der Waals surface area contributed by atoms with Crippen molar-refractivity contribution < 1.29 is 0 Å². The van der Waals surface area contributed by atoms with Gasteiger partial charge in [0.05, 0.1) is 6.54 Å². The lowest BCUT2D eigenvalue weighted by Gasteiger charge is -2.29. The fraction of sp³-hybridized carbons (Fsp3) is 0.900. The summed E-state index contributed by atoms with van der Waals surface area (Å²) in [5, 5.41) is 3.58. The van der Waals surface area contributed by atoms with Crippen molar-refractivity contribution in [3.05, 3.63) is 0 Å². The highest BCUT2D eigenvalue weighted by molar-refractivity contribution is 5.81. The molecule has 1 heterocycles. The van der Waals surface area contributed by atoms with Crippen LogP contribution in [0.3, 0.4) is 0 Å². The molecule has 1 fully saturated rings. The largest absolute Gasteiger partial charge is 0.351 e. The van der Waals surface area contributed by atoms with Gasteiger partial charge in [0.15, 0.2) is 5.96 Å². The highest BCUT2D eigenvalue weighted by Gasteiger charge is 2.30. The Kier molecular flexibility index (Phi) is 2.18. The molecule has 3 heteroatoms. The smallest absolute Gasteiger partial charge is 0.194 e. The van der Waals surface area contributed by atoms with E-state index in [1.807, 2.05) is 0 Å². The Hall–Kier alpha value is -0.730. The van der Waals surface area contributed by atoms with E-state index in [0.29, 0.717) is 5.54 Å². The molecule has 13 heavy (non-hydrogen) atoms. The molecule has 0 unspecified atom stereocenters. The molecule has 1 N–H and O–H groups in total. The lowest BCUT2D eigenvalue weighted by Crippen LogP contribution is -2.48. The number of rotatable bonds is 1. The fourth-order valence-electron chi connectivity index (χ4n) is 2.22. The first kappa shape index (κ1) is 8.85. The van der Waals surface area contributed by atoms with Crippen LogP contribution in [0, 0.1) is 0 Å². The maximum atomic E-state index is 4.46. The average Bonchev–Trinajstić information content (AvgIpc) is 2.64. The molecule has 74 valence electrons. The Bertz CT molecular complexity index is 216. The molecule has 0 aromatic heterocycles.